The molecule has 0 saturated carbocycles. The molecule has 1 atom stereocenters. The van der Waals surface area contributed by atoms with Crippen LogP contribution < -0.4 is 14.8 Å². The van der Waals surface area contributed by atoms with Gasteiger partial charge in [-0.05, 0) is 38.5 Å². The van der Waals surface area contributed by atoms with Crippen molar-refractivity contribution in [2.24, 2.45) is 0 Å². The fourth-order valence-corrected chi connectivity index (χ4v) is 2.43. The molecule has 132 valence electrons. The van der Waals surface area contributed by atoms with Gasteiger partial charge in [-0.1, -0.05) is 11.2 Å². The van der Waals surface area contributed by atoms with Gasteiger partial charge in [0, 0.05) is 6.54 Å². The van der Waals surface area contributed by atoms with Crippen LogP contribution in [0, 0.1) is 13.8 Å². The minimum absolute atomic E-state index is 0.194. The van der Waals surface area contributed by atoms with Crippen molar-refractivity contribution in [3.05, 3.63) is 40.8 Å². The average Bonchev–Trinajstić information content (AvgIpc) is 3.18. The zero-order valence-electron chi connectivity index (χ0n) is 14.1. The van der Waals surface area contributed by atoms with Crippen molar-refractivity contribution in [1.82, 2.24) is 10.5 Å². The maximum Gasteiger partial charge on any atom is 0.344 e. The number of nitrogens with zero attached hydrogens (tertiary/aromatic N) is 1. The number of carbonyl (C=O) groups is 2. The number of hydrogen-bond donors (Lipinski definition) is 1. The van der Waals surface area contributed by atoms with Crippen molar-refractivity contribution in [2.45, 2.75) is 33.4 Å². The Morgan fingerprint density at radius 2 is 2.04 bits per heavy atom. The van der Waals surface area contributed by atoms with Gasteiger partial charge >= 0.3 is 5.97 Å². The van der Waals surface area contributed by atoms with E-state index in [0.29, 0.717) is 23.0 Å². The zero-order valence-corrected chi connectivity index (χ0v) is 14.1. The van der Waals surface area contributed by atoms with E-state index in [1.54, 1.807) is 26.0 Å². The smallest absolute Gasteiger partial charge is 0.344 e. The number of benzene rings is 1. The molecule has 8 heteroatoms. The molecule has 1 aliphatic heterocycles. The Bertz CT molecular complexity index is 794. The van der Waals surface area contributed by atoms with Crippen LogP contribution in [0.3, 0.4) is 0 Å². The van der Waals surface area contributed by atoms with Crippen LogP contribution in [0.5, 0.6) is 11.5 Å². The summed E-state index contributed by atoms with van der Waals surface area (Å²) in [5.74, 6) is 0.636. The molecule has 1 aromatic carbocycles. The van der Waals surface area contributed by atoms with Gasteiger partial charge in [0.15, 0.2) is 17.6 Å². The second-order valence-corrected chi connectivity index (χ2v) is 5.65. The van der Waals surface area contributed by atoms with Crippen molar-refractivity contribution >= 4 is 11.9 Å². The number of aromatic nitrogens is 1. The summed E-state index contributed by atoms with van der Waals surface area (Å²) in [5.41, 5.74) is 1.52. The van der Waals surface area contributed by atoms with Crippen molar-refractivity contribution in [1.29, 1.82) is 0 Å². The Morgan fingerprint density at radius 1 is 1.28 bits per heavy atom. The predicted molar refractivity (Wildman–Crippen MR) is 85.3 cm³/mol. The number of carbonyl (C=O) groups excluding carboxylic acids is 2. The Kier molecular flexibility index (Phi) is 4.60. The lowest BCUT2D eigenvalue weighted by Crippen LogP contribution is -2.35. The number of hydrogen-bond acceptors (Lipinski definition) is 7. The third-order valence-electron chi connectivity index (χ3n) is 3.79. The van der Waals surface area contributed by atoms with Crippen LogP contribution in [-0.4, -0.2) is 29.9 Å². The first-order valence-electron chi connectivity index (χ1n) is 7.76. The van der Waals surface area contributed by atoms with Gasteiger partial charge in [0.1, 0.15) is 11.3 Å². The van der Waals surface area contributed by atoms with Crippen LogP contribution in [0.15, 0.2) is 22.7 Å². The van der Waals surface area contributed by atoms with E-state index in [1.807, 2.05) is 6.07 Å². The largest absolute Gasteiger partial charge is 0.454 e. The molecule has 0 saturated heterocycles. The Morgan fingerprint density at radius 3 is 2.76 bits per heavy atom. The van der Waals surface area contributed by atoms with Crippen LogP contribution in [0.1, 0.15) is 34.3 Å². The molecular formula is C17H18N2O6. The molecule has 2 heterocycles. The van der Waals surface area contributed by atoms with Gasteiger partial charge in [-0.3, -0.25) is 4.79 Å². The molecule has 1 unspecified atom stereocenters. The van der Waals surface area contributed by atoms with Crippen LogP contribution in [0.2, 0.25) is 0 Å². The molecule has 1 aliphatic rings. The van der Waals surface area contributed by atoms with Crippen LogP contribution in [0.4, 0.5) is 0 Å². The number of rotatable bonds is 5. The fourth-order valence-electron chi connectivity index (χ4n) is 2.43. The monoisotopic (exact) mass is 346 g/mol. The van der Waals surface area contributed by atoms with E-state index in [4.69, 9.17) is 18.7 Å². The summed E-state index contributed by atoms with van der Waals surface area (Å²) in [4.78, 5) is 24.3. The molecule has 0 aliphatic carbocycles. The van der Waals surface area contributed by atoms with Gasteiger partial charge in [0.2, 0.25) is 6.79 Å². The first kappa shape index (κ1) is 16.8. The Labute approximate surface area is 144 Å². The highest BCUT2D eigenvalue weighted by Crippen LogP contribution is 2.32. The van der Waals surface area contributed by atoms with Gasteiger partial charge in [0.05, 0.1) is 5.69 Å². The van der Waals surface area contributed by atoms with Gasteiger partial charge in [-0.2, -0.15) is 0 Å². The van der Waals surface area contributed by atoms with E-state index in [1.165, 1.54) is 6.92 Å². The molecule has 1 N–H and O–H groups in total. The van der Waals surface area contributed by atoms with E-state index < -0.39 is 18.0 Å². The predicted octanol–water partition coefficient (Wildman–Crippen LogP) is 1.88. The molecule has 1 aromatic heterocycles. The molecule has 0 fully saturated rings. The average molecular weight is 346 g/mol. The lowest BCUT2D eigenvalue weighted by atomic mass is 10.2. The maximum atomic E-state index is 12.1. The summed E-state index contributed by atoms with van der Waals surface area (Å²) in [5, 5.41) is 6.41. The number of esters is 1. The number of fused-ring (bicyclic) bond motifs is 1. The fraction of sp³-hybridized carbons (Fsp3) is 0.353. The second-order valence-electron chi connectivity index (χ2n) is 5.65. The van der Waals surface area contributed by atoms with E-state index in [0.717, 1.165) is 5.56 Å². The van der Waals surface area contributed by atoms with E-state index in [9.17, 15) is 9.59 Å². The van der Waals surface area contributed by atoms with Gasteiger partial charge in [-0.15, -0.1) is 0 Å². The summed E-state index contributed by atoms with van der Waals surface area (Å²) in [6.07, 6.45) is -0.949. The molecule has 2 aromatic rings. The van der Waals surface area contributed by atoms with Gasteiger partial charge in [-0.25, -0.2) is 4.79 Å². The zero-order chi connectivity index (χ0) is 18.0. The number of nitrogens with one attached hydrogen (secondary N) is 1. The Hall–Kier alpha value is -3.03. The standard InChI is InChI=1S/C17H18N2O6/c1-9-15(10(2)25-19-9)17(21)24-11(3)16(20)18-7-12-4-5-13-14(6-12)23-8-22-13/h4-6,11H,7-8H2,1-3H3,(H,18,20). The highest BCUT2D eigenvalue weighted by molar-refractivity contribution is 5.93. The number of amides is 1. The Balaban J connectivity index is 1.55. The number of ether oxygens (including phenoxy) is 3. The lowest BCUT2D eigenvalue weighted by molar-refractivity contribution is -0.129. The van der Waals surface area contributed by atoms with E-state index in [2.05, 4.69) is 10.5 Å². The molecular weight excluding hydrogens is 328 g/mol. The van der Waals surface area contributed by atoms with Crippen LogP contribution in [0.25, 0.3) is 0 Å². The molecule has 8 nitrogen and oxygen atoms in total. The van der Waals surface area contributed by atoms with Crippen molar-refractivity contribution in [3.8, 4) is 11.5 Å². The summed E-state index contributed by atoms with van der Waals surface area (Å²) < 4.78 is 20.6. The minimum Gasteiger partial charge on any atom is -0.454 e. The van der Waals surface area contributed by atoms with E-state index in [-0.39, 0.29) is 18.9 Å². The number of aryl methyl sites for hydroxylation is 2. The van der Waals surface area contributed by atoms with Crippen LogP contribution in [-0.2, 0) is 16.1 Å². The second kappa shape index (κ2) is 6.84. The summed E-state index contributed by atoms with van der Waals surface area (Å²) in [7, 11) is 0. The van der Waals surface area contributed by atoms with Gasteiger partial charge < -0.3 is 24.1 Å². The lowest BCUT2D eigenvalue weighted by Gasteiger charge is -2.13. The van der Waals surface area contributed by atoms with Crippen molar-refractivity contribution < 1.29 is 28.3 Å². The maximum absolute atomic E-state index is 12.1. The molecule has 0 bridgehead atoms. The molecule has 0 spiro atoms. The minimum atomic E-state index is -0.949. The van der Waals surface area contributed by atoms with Crippen molar-refractivity contribution in [2.75, 3.05) is 6.79 Å². The first-order valence-corrected chi connectivity index (χ1v) is 7.76. The molecule has 25 heavy (non-hydrogen) atoms. The quantitative estimate of drug-likeness (QED) is 0.825. The SMILES string of the molecule is Cc1noc(C)c1C(=O)OC(C)C(=O)NCc1ccc2c(c1)OCO2. The third-order valence-corrected chi connectivity index (χ3v) is 3.79. The topological polar surface area (TPSA) is 99.9 Å². The third kappa shape index (κ3) is 3.57. The summed E-state index contributed by atoms with van der Waals surface area (Å²) in [6.45, 7) is 5.23. The molecule has 3 rings (SSSR count). The molecule has 1 amide bonds. The van der Waals surface area contributed by atoms with Gasteiger partial charge in [0.25, 0.3) is 5.91 Å². The summed E-state index contributed by atoms with van der Waals surface area (Å²) >= 11 is 0. The first-order chi connectivity index (χ1) is 12.0. The summed E-state index contributed by atoms with van der Waals surface area (Å²) in [6, 6.07) is 5.40. The van der Waals surface area contributed by atoms with E-state index >= 15 is 0 Å². The normalized spacial score (nSPS) is 13.4. The highest BCUT2D eigenvalue weighted by atomic mass is 16.7. The van der Waals surface area contributed by atoms with Crippen LogP contribution >= 0.6 is 0 Å². The highest BCUT2D eigenvalue weighted by Gasteiger charge is 2.24. The van der Waals surface area contributed by atoms with Crippen molar-refractivity contribution in [3.63, 3.8) is 0 Å². The molecule has 0 radical (unpaired) electrons.